The molecule has 1 nitrogen and oxygen atoms in total. The Labute approximate surface area is 90.3 Å². The average Bonchev–Trinajstić information content (AvgIpc) is 1.93. The summed E-state index contributed by atoms with van der Waals surface area (Å²) in [6.07, 6.45) is 4.70. The van der Waals surface area contributed by atoms with Gasteiger partial charge >= 0.3 is 0 Å². The Morgan fingerprint density at radius 2 is 1.71 bits per heavy atom. The molecule has 0 aliphatic heterocycles. The summed E-state index contributed by atoms with van der Waals surface area (Å²) >= 11 is 0. The molecule has 0 bridgehead atoms. The van der Waals surface area contributed by atoms with Gasteiger partial charge in [0, 0.05) is 5.54 Å². The van der Waals surface area contributed by atoms with E-state index in [4.69, 9.17) is 0 Å². The van der Waals surface area contributed by atoms with Crippen molar-refractivity contribution in [1.82, 2.24) is 0 Å². The van der Waals surface area contributed by atoms with E-state index in [9.17, 15) is 4.79 Å². The third-order valence-corrected chi connectivity index (χ3v) is 5.37. The molecule has 0 amide bonds. The highest BCUT2D eigenvalue weighted by atomic mass is 28.3. The van der Waals surface area contributed by atoms with Crippen molar-refractivity contribution in [2.24, 2.45) is 5.41 Å². The second-order valence-electron chi connectivity index (χ2n) is 6.56. The van der Waals surface area contributed by atoms with E-state index in [-0.39, 0.29) is 0 Å². The van der Waals surface area contributed by atoms with Crippen LogP contribution in [0.2, 0.25) is 25.2 Å². The van der Waals surface area contributed by atoms with E-state index in [1.165, 1.54) is 19.1 Å². The Bertz CT molecular complexity index is 174. The largest absolute Gasteiger partial charge is 0.303 e. The summed E-state index contributed by atoms with van der Waals surface area (Å²) in [4.78, 5) is 10.9. The standard InChI is InChI=1S/C12H26OSi/c1-12(2,3)9-7-8-11(10-13)14(4,5)6/h10-11H,7-9H2,1-6H3. The van der Waals surface area contributed by atoms with Crippen LogP contribution in [0.3, 0.4) is 0 Å². The highest BCUT2D eigenvalue weighted by Gasteiger charge is 2.26. The van der Waals surface area contributed by atoms with Crippen LogP contribution in [0.25, 0.3) is 0 Å². The van der Waals surface area contributed by atoms with Gasteiger partial charge in [0.25, 0.3) is 0 Å². The maximum Gasteiger partial charge on any atom is 0.120 e. The fraction of sp³-hybridized carbons (Fsp3) is 0.917. The van der Waals surface area contributed by atoms with E-state index in [0.29, 0.717) is 11.0 Å². The van der Waals surface area contributed by atoms with Crippen LogP contribution in [0.4, 0.5) is 0 Å². The van der Waals surface area contributed by atoms with E-state index in [1.54, 1.807) is 0 Å². The second kappa shape index (κ2) is 5.10. The average molecular weight is 214 g/mol. The summed E-state index contributed by atoms with van der Waals surface area (Å²) in [6.45, 7) is 13.6. The Morgan fingerprint density at radius 3 is 2.00 bits per heavy atom. The minimum atomic E-state index is -1.25. The first-order chi connectivity index (χ1) is 6.17. The number of carbonyl (C=O) groups is 1. The van der Waals surface area contributed by atoms with E-state index in [1.807, 2.05) is 0 Å². The molecule has 84 valence electrons. The third-order valence-electron chi connectivity index (χ3n) is 2.72. The molecule has 0 aromatic heterocycles. The van der Waals surface area contributed by atoms with E-state index < -0.39 is 8.07 Å². The first-order valence-corrected chi connectivity index (χ1v) is 9.20. The Hall–Kier alpha value is -0.113. The van der Waals surface area contributed by atoms with Crippen LogP contribution in [0.15, 0.2) is 0 Å². The number of carbonyl (C=O) groups excluding carboxylic acids is 1. The normalized spacial score (nSPS) is 15.3. The molecule has 0 radical (unpaired) electrons. The number of rotatable bonds is 5. The lowest BCUT2D eigenvalue weighted by Crippen LogP contribution is -2.29. The first kappa shape index (κ1) is 13.9. The van der Waals surface area contributed by atoms with Crippen LogP contribution >= 0.6 is 0 Å². The van der Waals surface area contributed by atoms with Crippen molar-refractivity contribution in [2.45, 2.75) is 65.2 Å². The zero-order valence-corrected chi connectivity index (χ0v) is 11.7. The molecule has 1 atom stereocenters. The predicted molar refractivity (Wildman–Crippen MR) is 66.5 cm³/mol. The lowest BCUT2D eigenvalue weighted by atomic mass is 9.89. The molecular weight excluding hydrogens is 188 g/mol. The fourth-order valence-corrected chi connectivity index (χ4v) is 3.04. The van der Waals surface area contributed by atoms with Crippen LogP contribution in [-0.2, 0) is 4.79 Å². The molecule has 14 heavy (non-hydrogen) atoms. The van der Waals surface area contributed by atoms with Gasteiger partial charge in [-0.05, 0) is 18.3 Å². The van der Waals surface area contributed by atoms with Crippen molar-refractivity contribution in [3.8, 4) is 0 Å². The highest BCUT2D eigenvalue weighted by Crippen LogP contribution is 2.29. The maximum absolute atomic E-state index is 10.9. The third kappa shape index (κ3) is 6.36. The topological polar surface area (TPSA) is 17.1 Å². The molecule has 0 aromatic rings. The number of aldehydes is 1. The van der Waals surface area contributed by atoms with Crippen molar-refractivity contribution < 1.29 is 4.79 Å². The van der Waals surface area contributed by atoms with E-state index in [2.05, 4.69) is 40.4 Å². The predicted octanol–water partition coefficient (Wildman–Crippen LogP) is 4.11. The lowest BCUT2D eigenvalue weighted by Gasteiger charge is -2.25. The molecule has 1 unspecified atom stereocenters. The number of hydrogen-bond acceptors (Lipinski definition) is 1. The van der Waals surface area contributed by atoms with Crippen molar-refractivity contribution in [2.75, 3.05) is 0 Å². The van der Waals surface area contributed by atoms with Gasteiger partial charge in [0.1, 0.15) is 6.29 Å². The van der Waals surface area contributed by atoms with E-state index in [0.717, 1.165) is 6.42 Å². The van der Waals surface area contributed by atoms with Gasteiger partial charge < -0.3 is 4.79 Å². The SMILES string of the molecule is CC(C)(C)CCCC(C=O)[Si](C)(C)C. The smallest absolute Gasteiger partial charge is 0.120 e. The van der Waals surface area contributed by atoms with Crippen molar-refractivity contribution in [3.63, 3.8) is 0 Å². The molecule has 0 aromatic carbocycles. The van der Waals surface area contributed by atoms with Gasteiger partial charge in [0.2, 0.25) is 0 Å². The van der Waals surface area contributed by atoms with Gasteiger partial charge in [-0.15, -0.1) is 0 Å². The van der Waals surface area contributed by atoms with Crippen LogP contribution in [-0.4, -0.2) is 14.4 Å². The van der Waals surface area contributed by atoms with E-state index >= 15 is 0 Å². The zero-order valence-electron chi connectivity index (χ0n) is 10.7. The van der Waals surface area contributed by atoms with Gasteiger partial charge in [0.15, 0.2) is 0 Å². The summed E-state index contributed by atoms with van der Waals surface area (Å²) < 4.78 is 0. The Morgan fingerprint density at radius 1 is 1.21 bits per heavy atom. The van der Waals surface area contributed by atoms with Gasteiger partial charge in [-0.2, -0.15) is 0 Å². The highest BCUT2D eigenvalue weighted by molar-refractivity contribution is 6.79. The van der Waals surface area contributed by atoms with Crippen molar-refractivity contribution in [1.29, 1.82) is 0 Å². The Kier molecular flexibility index (Phi) is 5.06. The fourth-order valence-electron chi connectivity index (χ4n) is 1.56. The van der Waals surface area contributed by atoms with Crippen LogP contribution in [0, 0.1) is 5.41 Å². The molecule has 0 N–H and O–H groups in total. The molecule has 0 saturated carbocycles. The minimum absolute atomic E-state index is 0.352. The lowest BCUT2D eigenvalue weighted by molar-refractivity contribution is -0.108. The summed E-state index contributed by atoms with van der Waals surface area (Å²) in [5.74, 6) is 0. The molecule has 2 heteroatoms. The molecule has 0 spiro atoms. The maximum atomic E-state index is 10.9. The zero-order chi connectivity index (χ0) is 11.4. The summed E-state index contributed by atoms with van der Waals surface area (Å²) in [5, 5.41) is 0. The Balaban J connectivity index is 3.93. The summed E-state index contributed by atoms with van der Waals surface area (Å²) in [7, 11) is -1.25. The molecule has 0 saturated heterocycles. The molecule has 0 rings (SSSR count). The van der Waals surface area contributed by atoms with Gasteiger partial charge in [-0.25, -0.2) is 0 Å². The molecule has 0 heterocycles. The summed E-state index contributed by atoms with van der Waals surface area (Å²) in [5.41, 5.74) is 0.761. The van der Waals surface area contributed by atoms with Gasteiger partial charge in [0.05, 0.1) is 8.07 Å². The molecule has 0 aliphatic rings. The first-order valence-electron chi connectivity index (χ1n) is 5.62. The number of hydrogen-bond donors (Lipinski definition) is 0. The van der Waals surface area contributed by atoms with Crippen LogP contribution < -0.4 is 0 Å². The van der Waals surface area contributed by atoms with Crippen molar-refractivity contribution in [3.05, 3.63) is 0 Å². The quantitative estimate of drug-likeness (QED) is 0.497. The van der Waals surface area contributed by atoms with Gasteiger partial charge in [-0.3, -0.25) is 0 Å². The van der Waals surface area contributed by atoms with Crippen LogP contribution in [0.1, 0.15) is 40.0 Å². The summed E-state index contributed by atoms with van der Waals surface area (Å²) in [6, 6.07) is 0. The minimum Gasteiger partial charge on any atom is -0.303 e. The molecular formula is C12H26OSi. The molecule has 0 fully saturated rings. The monoisotopic (exact) mass is 214 g/mol. The van der Waals surface area contributed by atoms with Crippen molar-refractivity contribution >= 4 is 14.4 Å². The second-order valence-corrected chi connectivity index (χ2v) is 12.0. The van der Waals surface area contributed by atoms with Crippen LogP contribution in [0.5, 0.6) is 0 Å². The molecule has 0 aliphatic carbocycles. The van der Waals surface area contributed by atoms with Gasteiger partial charge in [-0.1, -0.05) is 46.8 Å².